The molecule has 1 N–H and O–H groups in total. The Labute approximate surface area is 41.5 Å². The second-order valence-electron chi connectivity index (χ2n) is 1.65. The van der Waals surface area contributed by atoms with Crippen LogP contribution in [0.5, 0.6) is 0 Å². The van der Waals surface area contributed by atoms with E-state index in [0.717, 1.165) is 4.74 Å². The lowest BCUT2D eigenvalue weighted by molar-refractivity contribution is -0.443. The summed E-state index contributed by atoms with van der Waals surface area (Å²) in [6.45, 7) is 0.446. The van der Waals surface area contributed by atoms with Gasteiger partial charge in [-0.15, -0.1) is 0 Å². The van der Waals surface area contributed by atoms with Crippen molar-refractivity contribution in [1.82, 2.24) is 0 Å². The molecule has 0 aromatic heterocycles. The highest BCUT2D eigenvalue weighted by Crippen LogP contribution is 1.94. The third kappa shape index (κ3) is 0.899. The Hall–Kier alpha value is -0.570. The van der Waals surface area contributed by atoms with Crippen LogP contribution in [0, 0.1) is 5.21 Å². The molecule has 0 fully saturated rings. The van der Waals surface area contributed by atoms with Crippen molar-refractivity contribution in [3.8, 4) is 0 Å². The molecule has 7 heavy (non-hydrogen) atoms. The van der Waals surface area contributed by atoms with Gasteiger partial charge < -0.3 is 10.3 Å². The van der Waals surface area contributed by atoms with Crippen LogP contribution in [0.15, 0.2) is 0 Å². The smallest absolute Gasteiger partial charge is 0.179 e. The van der Waals surface area contributed by atoms with E-state index in [2.05, 4.69) is 0 Å². The van der Waals surface area contributed by atoms with Crippen LogP contribution in [0.2, 0.25) is 0 Å². The van der Waals surface area contributed by atoms with E-state index >= 15 is 0 Å². The number of hydrogen-bond acceptors (Lipinski definition) is 2. The summed E-state index contributed by atoms with van der Waals surface area (Å²) in [5.74, 6) is 0. The van der Waals surface area contributed by atoms with E-state index in [4.69, 9.17) is 5.11 Å². The summed E-state index contributed by atoms with van der Waals surface area (Å²) in [5, 5.41) is 18.8. The molecule has 0 spiro atoms. The number of nitrogens with zero attached hydrogens (tertiary/aromatic N) is 1. The van der Waals surface area contributed by atoms with Crippen molar-refractivity contribution in [2.24, 2.45) is 0 Å². The molecular formula is C4H7NO2. The van der Waals surface area contributed by atoms with Crippen LogP contribution in [0.25, 0.3) is 0 Å². The molecule has 0 saturated carbocycles. The summed E-state index contributed by atoms with van der Waals surface area (Å²) < 4.78 is 0.755. The average molecular weight is 101 g/mol. The first-order chi connectivity index (χ1) is 3.29. The van der Waals surface area contributed by atoms with Crippen molar-refractivity contribution in [2.45, 2.75) is 12.5 Å². The Kier molecular flexibility index (Phi) is 0.982. The highest BCUT2D eigenvalue weighted by molar-refractivity contribution is 5.58. The number of rotatable bonds is 0. The maximum Gasteiger partial charge on any atom is 0.179 e. The fourth-order valence-electron chi connectivity index (χ4n) is 0.601. The van der Waals surface area contributed by atoms with Gasteiger partial charge in [0.1, 0.15) is 6.10 Å². The lowest BCUT2D eigenvalue weighted by atomic mass is 10.3. The molecule has 3 heteroatoms. The molecule has 0 saturated heterocycles. The Morgan fingerprint density at radius 3 is 2.71 bits per heavy atom. The summed E-state index contributed by atoms with van der Waals surface area (Å²) in [4.78, 5) is 0. The van der Waals surface area contributed by atoms with Gasteiger partial charge in [0.05, 0.1) is 0 Å². The third-order valence-electron chi connectivity index (χ3n) is 0.984. The Morgan fingerprint density at radius 2 is 2.57 bits per heavy atom. The Bertz CT molecular complexity index is 99.9. The molecule has 0 aliphatic carbocycles. The van der Waals surface area contributed by atoms with Crippen molar-refractivity contribution in [3.63, 3.8) is 0 Å². The Balaban J connectivity index is 2.50. The maximum absolute atomic E-state index is 10.2. The molecule has 0 aromatic rings. The van der Waals surface area contributed by atoms with E-state index in [0.29, 0.717) is 13.0 Å². The van der Waals surface area contributed by atoms with E-state index in [1.54, 1.807) is 0 Å². The first kappa shape index (κ1) is 4.59. The topological polar surface area (TPSA) is 46.3 Å². The summed E-state index contributed by atoms with van der Waals surface area (Å²) in [7, 11) is 0. The van der Waals surface area contributed by atoms with E-state index in [1.807, 2.05) is 0 Å². The number of aliphatic hydroxyl groups excluding tert-OH is 1. The van der Waals surface area contributed by atoms with Gasteiger partial charge in [0, 0.05) is 6.42 Å². The zero-order valence-electron chi connectivity index (χ0n) is 3.87. The van der Waals surface area contributed by atoms with Gasteiger partial charge in [0.15, 0.2) is 12.8 Å². The van der Waals surface area contributed by atoms with Crippen molar-refractivity contribution in [1.29, 1.82) is 0 Å². The van der Waals surface area contributed by atoms with Crippen molar-refractivity contribution < 1.29 is 9.85 Å². The molecule has 1 heterocycles. The van der Waals surface area contributed by atoms with Crippen LogP contribution < -0.4 is 0 Å². The predicted molar refractivity (Wildman–Crippen MR) is 25.2 cm³/mol. The second kappa shape index (κ2) is 1.50. The molecule has 1 rings (SSSR count). The summed E-state index contributed by atoms with van der Waals surface area (Å²) >= 11 is 0. The van der Waals surface area contributed by atoms with E-state index in [1.165, 1.54) is 6.21 Å². The molecule has 0 unspecified atom stereocenters. The molecule has 1 atom stereocenters. The monoisotopic (exact) mass is 101 g/mol. The number of hydroxylamine groups is 1. The van der Waals surface area contributed by atoms with Gasteiger partial charge in [-0.25, -0.2) is 4.74 Å². The van der Waals surface area contributed by atoms with Crippen molar-refractivity contribution in [2.75, 3.05) is 6.54 Å². The van der Waals surface area contributed by atoms with Crippen LogP contribution in [-0.4, -0.2) is 28.7 Å². The molecule has 0 aromatic carbocycles. The first-order valence-corrected chi connectivity index (χ1v) is 2.26. The molecule has 1 aliphatic heterocycles. The average Bonchev–Trinajstić information content (AvgIpc) is 1.87. The number of hydrogen-bond donors (Lipinski definition) is 1. The maximum atomic E-state index is 10.2. The SMILES string of the molecule is [O-][N+]1=C[C@H](O)CC1. The molecule has 3 nitrogen and oxygen atoms in total. The highest BCUT2D eigenvalue weighted by atomic mass is 16.5. The summed E-state index contributed by atoms with van der Waals surface area (Å²) in [5.41, 5.74) is 0. The molecule has 40 valence electrons. The molecule has 0 amide bonds. The van der Waals surface area contributed by atoms with Crippen LogP contribution >= 0.6 is 0 Å². The van der Waals surface area contributed by atoms with Crippen molar-refractivity contribution in [3.05, 3.63) is 5.21 Å². The van der Waals surface area contributed by atoms with Crippen molar-refractivity contribution >= 4 is 6.21 Å². The van der Waals surface area contributed by atoms with Crippen LogP contribution in [0.3, 0.4) is 0 Å². The summed E-state index contributed by atoms with van der Waals surface area (Å²) in [6.07, 6.45) is 1.38. The van der Waals surface area contributed by atoms with E-state index in [-0.39, 0.29) is 0 Å². The van der Waals surface area contributed by atoms with E-state index in [9.17, 15) is 5.21 Å². The van der Waals surface area contributed by atoms with Gasteiger partial charge in [-0.3, -0.25) is 0 Å². The molecular weight excluding hydrogens is 94.0 g/mol. The number of aliphatic hydroxyl groups is 1. The minimum Gasteiger partial charge on any atom is -0.624 e. The van der Waals surface area contributed by atoms with Gasteiger partial charge in [0.2, 0.25) is 0 Å². The van der Waals surface area contributed by atoms with Gasteiger partial charge in [0.25, 0.3) is 0 Å². The Morgan fingerprint density at radius 1 is 1.86 bits per heavy atom. The minimum absolute atomic E-state index is 0.446. The highest BCUT2D eigenvalue weighted by Gasteiger charge is 2.13. The van der Waals surface area contributed by atoms with E-state index < -0.39 is 6.10 Å². The summed E-state index contributed by atoms with van der Waals surface area (Å²) in [6, 6.07) is 0. The minimum atomic E-state index is -0.488. The van der Waals surface area contributed by atoms with Gasteiger partial charge >= 0.3 is 0 Å². The lowest BCUT2D eigenvalue weighted by Crippen LogP contribution is -2.01. The van der Waals surface area contributed by atoms with Gasteiger partial charge in [-0.1, -0.05) is 0 Å². The lowest BCUT2D eigenvalue weighted by Gasteiger charge is -1.89. The normalized spacial score (nSPS) is 30.4. The standard InChI is InChI=1S/C4H7NO2/c6-4-1-2-5(7)3-4/h3-4,6H,1-2H2/t4-/m1/s1. The van der Waals surface area contributed by atoms with Crippen LogP contribution in [0.4, 0.5) is 0 Å². The zero-order chi connectivity index (χ0) is 5.28. The quantitative estimate of drug-likeness (QED) is 0.325. The molecule has 0 radical (unpaired) electrons. The van der Waals surface area contributed by atoms with Gasteiger partial charge in [-0.05, 0) is 0 Å². The third-order valence-corrected chi connectivity index (χ3v) is 0.984. The van der Waals surface area contributed by atoms with Crippen LogP contribution in [-0.2, 0) is 0 Å². The first-order valence-electron chi connectivity index (χ1n) is 2.26. The fraction of sp³-hybridized carbons (Fsp3) is 0.750. The largest absolute Gasteiger partial charge is 0.624 e. The fourth-order valence-corrected chi connectivity index (χ4v) is 0.601. The predicted octanol–water partition coefficient (Wildman–Crippen LogP) is -0.668. The van der Waals surface area contributed by atoms with Gasteiger partial charge in [-0.2, -0.15) is 0 Å². The second-order valence-corrected chi connectivity index (χ2v) is 1.65. The molecule has 1 aliphatic rings. The molecule has 0 bridgehead atoms. The zero-order valence-corrected chi connectivity index (χ0v) is 3.87. The van der Waals surface area contributed by atoms with Crippen LogP contribution in [0.1, 0.15) is 6.42 Å².